The van der Waals surface area contributed by atoms with Crippen LogP contribution >= 0.6 is 17.0 Å². The smallest absolute Gasteiger partial charge is 0.00183 e. The fourth-order valence-electron chi connectivity index (χ4n) is 2.65. The van der Waals surface area contributed by atoms with Crippen LogP contribution in [0.25, 0.3) is 0 Å². The summed E-state index contributed by atoms with van der Waals surface area (Å²) in [4.78, 5) is 2.64. The van der Waals surface area contributed by atoms with Gasteiger partial charge >= 0.3 is 0 Å². The van der Waals surface area contributed by atoms with E-state index < -0.39 is 0 Å². The van der Waals surface area contributed by atoms with Crippen molar-refractivity contribution in [1.82, 2.24) is 4.90 Å². The lowest BCUT2D eigenvalue weighted by Crippen LogP contribution is -2.20. The molecule has 0 saturated carbocycles. The van der Waals surface area contributed by atoms with Crippen molar-refractivity contribution in [3.63, 3.8) is 0 Å². The lowest BCUT2D eigenvalue weighted by molar-refractivity contribution is 0.327. The molecule has 2 heteroatoms. The van der Waals surface area contributed by atoms with Crippen LogP contribution < -0.4 is 0 Å². The van der Waals surface area contributed by atoms with Crippen LogP contribution in [0, 0.1) is 0 Å². The quantitative estimate of drug-likeness (QED) is 0.502. The van der Waals surface area contributed by atoms with Gasteiger partial charge in [-0.2, -0.15) is 0 Å². The molecule has 104 valence electrons. The Hall–Kier alpha value is 0.440. The fraction of sp³-hybridized carbons (Fsp3) is 1.00. The average Bonchev–Trinajstić information content (AvgIpc) is 2.80. The van der Waals surface area contributed by atoms with E-state index in [0.29, 0.717) is 0 Å². The molecular weight excluding hydrogens is 274 g/mol. The zero-order valence-corrected chi connectivity index (χ0v) is 13.5. The summed E-state index contributed by atoms with van der Waals surface area (Å²) < 4.78 is 0. The molecule has 0 bridgehead atoms. The highest BCUT2D eigenvalue weighted by Crippen LogP contribution is 2.12. The predicted molar refractivity (Wildman–Crippen MR) is 83.2 cm³/mol. The standard InChI is InChI=1S/C15H31N.BrH/c1-2-3-4-5-6-7-8-9-10-13-16-14-11-12-15-16;/h2-15H2,1H3;1H. The molecule has 0 radical (unpaired) electrons. The van der Waals surface area contributed by atoms with Crippen LogP contribution in [0.2, 0.25) is 0 Å². The number of unbranched alkanes of at least 4 members (excludes halogenated alkanes) is 8. The van der Waals surface area contributed by atoms with Gasteiger partial charge in [0.2, 0.25) is 0 Å². The van der Waals surface area contributed by atoms with E-state index in [0.717, 1.165) is 0 Å². The number of hydrogen-bond donors (Lipinski definition) is 0. The Morgan fingerprint density at radius 2 is 1.18 bits per heavy atom. The summed E-state index contributed by atoms with van der Waals surface area (Å²) in [6, 6.07) is 0. The second-order valence-electron chi connectivity index (χ2n) is 5.38. The Kier molecular flexibility index (Phi) is 13.2. The molecule has 0 unspecified atom stereocenters. The van der Waals surface area contributed by atoms with Gasteiger partial charge in [0.25, 0.3) is 0 Å². The number of nitrogens with zero attached hydrogens (tertiary/aromatic N) is 1. The van der Waals surface area contributed by atoms with Crippen molar-refractivity contribution in [2.45, 2.75) is 77.6 Å². The second kappa shape index (κ2) is 12.9. The predicted octanol–water partition coefficient (Wildman–Crippen LogP) is 5.19. The highest BCUT2D eigenvalue weighted by atomic mass is 79.9. The summed E-state index contributed by atoms with van der Waals surface area (Å²) in [5.74, 6) is 0. The third-order valence-corrected chi connectivity index (χ3v) is 3.78. The largest absolute Gasteiger partial charge is 0.303 e. The molecule has 1 rings (SSSR count). The van der Waals surface area contributed by atoms with Crippen molar-refractivity contribution in [3.05, 3.63) is 0 Å². The summed E-state index contributed by atoms with van der Waals surface area (Å²) in [5, 5.41) is 0. The van der Waals surface area contributed by atoms with Gasteiger partial charge in [-0.15, -0.1) is 17.0 Å². The topological polar surface area (TPSA) is 3.24 Å². The van der Waals surface area contributed by atoms with Crippen molar-refractivity contribution in [2.24, 2.45) is 0 Å². The van der Waals surface area contributed by atoms with Crippen LogP contribution in [-0.4, -0.2) is 24.5 Å². The van der Waals surface area contributed by atoms with Crippen LogP contribution in [0.4, 0.5) is 0 Å². The van der Waals surface area contributed by atoms with Gasteiger partial charge in [-0.05, 0) is 38.9 Å². The van der Waals surface area contributed by atoms with Gasteiger partial charge in [0, 0.05) is 0 Å². The van der Waals surface area contributed by atoms with Gasteiger partial charge in [-0.25, -0.2) is 0 Å². The van der Waals surface area contributed by atoms with Crippen molar-refractivity contribution < 1.29 is 0 Å². The number of rotatable bonds is 10. The molecule has 1 heterocycles. The summed E-state index contributed by atoms with van der Waals surface area (Å²) in [6.07, 6.45) is 16.0. The minimum absolute atomic E-state index is 0. The molecule has 0 spiro atoms. The monoisotopic (exact) mass is 305 g/mol. The maximum Gasteiger partial charge on any atom is -0.00183 e. The Balaban J connectivity index is 0.00000256. The Labute approximate surface area is 119 Å². The third-order valence-electron chi connectivity index (χ3n) is 3.78. The Morgan fingerprint density at radius 1 is 0.706 bits per heavy atom. The van der Waals surface area contributed by atoms with E-state index in [2.05, 4.69) is 11.8 Å². The lowest BCUT2D eigenvalue weighted by atomic mass is 10.1. The van der Waals surface area contributed by atoms with Gasteiger partial charge in [-0.3, -0.25) is 0 Å². The molecule has 0 aromatic carbocycles. The molecule has 0 amide bonds. The maximum absolute atomic E-state index is 2.64. The summed E-state index contributed by atoms with van der Waals surface area (Å²) in [5.41, 5.74) is 0. The van der Waals surface area contributed by atoms with E-state index in [9.17, 15) is 0 Å². The van der Waals surface area contributed by atoms with Crippen molar-refractivity contribution in [1.29, 1.82) is 0 Å². The molecule has 0 aromatic heterocycles. The first kappa shape index (κ1) is 17.4. The first-order valence-corrected chi connectivity index (χ1v) is 7.66. The molecule has 1 fully saturated rings. The number of halogens is 1. The third kappa shape index (κ3) is 10.1. The highest BCUT2D eigenvalue weighted by molar-refractivity contribution is 8.93. The highest BCUT2D eigenvalue weighted by Gasteiger charge is 2.09. The molecule has 1 aliphatic heterocycles. The van der Waals surface area contributed by atoms with E-state index in [1.54, 1.807) is 0 Å². The summed E-state index contributed by atoms with van der Waals surface area (Å²) >= 11 is 0. The van der Waals surface area contributed by atoms with Gasteiger partial charge in [0.05, 0.1) is 0 Å². The van der Waals surface area contributed by atoms with E-state index in [-0.39, 0.29) is 17.0 Å². The first-order valence-electron chi connectivity index (χ1n) is 7.66. The van der Waals surface area contributed by atoms with E-state index in [1.807, 2.05) is 0 Å². The minimum Gasteiger partial charge on any atom is -0.303 e. The van der Waals surface area contributed by atoms with Crippen molar-refractivity contribution in [2.75, 3.05) is 19.6 Å². The van der Waals surface area contributed by atoms with Gasteiger partial charge in [0.1, 0.15) is 0 Å². The summed E-state index contributed by atoms with van der Waals surface area (Å²) in [7, 11) is 0. The minimum atomic E-state index is 0. The second-order valence-corrected chi connectivity index (χ2v) is 5.38. The summed E-state index contributed by atoms with van der Waals surface area (Å²) in [6.45, 7) is 6.40. The van der Waals surface area contributed by atoms with Crippen molar-refractivity contribution in [3.8, 4) is 0 Å². The SMILES string of the molecule is Br.CCCCCCCCCCCN1CCCC1. The Bertz CT molecular complexity index is 144. The zero-order chi connectivity index (χ0) is 11.5. The van der Waals surface area contributed by atoms with E-state index in [4.69, 9.17) is 0 Å². The Morgan fingerprint density at radius 3 is 1.71 bits per heavy atom. The fourth-order valence-corrected chi connectivity index (χ4v) is 2.65. The lowest BCUT2D eigenvalue weighted by Gasteiger charge is -2.13. The molecule has 17 heavy (non-hydrogen) atoms. The number of hydrogen-bond acceptors (Lipinski definition) is 1. The van der Waals surface area contributed by atoms with Crippen molar-refractivity contribution >= 4 is 17.0 Å². The molecular formula is C15H32BrN. The van der Waals surface area contributed by atoms with Crippen LogP contribution in [-0.2, 0) is 0 Å². The number of likely N-dealkylation sites (tertiary alicyclic amines) is 1. The van der Waals surface area contributed by atoms with Crippen LogP contribution in [0.1, 0.15) is 77.6 Å². The molecule has 0 aromatic rings. The van der Waals surface area contributed by atoms with Gasteiger partial charge in [-0.1, -0.05) is 58.3 Å². The van der Waals surface area contributed by atoms with Crippen LogP contribution in [0.3, 0.4) is 0 Å². The van der Waals surface area contributed by atoms with Gasteiger partial charge in [0.15, 0.2) is 0 Å². The van der Waals surface area contributed by atoms with Crippen LogP contribution in [0.5, 0.6) is 0 Å². The van der Waals surface area contributed by atoms with E-state index in [1.165, 1.54) is 90.3 Å². The van der Waals surface area contributed by atoms with Gasteiger partial charge < -0.3 is 4.90 Å². The van der Waals surface area contributed by atoms with Crippen LogP contribution in [0.15, 0.2) is 0 Å². The molecule has 0 N–H and O–H groups in total. The van der Waals surface area contributed by atoms with E-state index >= 15 is 0 Å². The molecule has 1 saturated heterocycles. The maximum atomic E-state index is 2.64. The molecule has 0 aliphatic carbocycles. The molecule has 0 atom stereocenters. The molecule has 1 nitrogen and oxygen atoms in total. The average molecular weight is 306 g/mol. The normalized spacial score (nSPS) is 16.1. The zero-order valence-electron chi connectivity index (χ0n) is 11.8. The first-order chi connectivity index (χ1) is 7.93. The molecule has 1 aliphatic rings.